The zero-order valence-corrected chi connectivity index (χ0v) is 21.1. The van der Waals surface area contributed by atoms with E-state index in [1.54, 1.807) is 0 Å². The summed E-state index contributed by atoms with van der Waals surface area (Å²) in [5.74, 6) is -15.0. The molecule has 0 spiro atoms. The van der Waals surface area contributed by atoms with Crippen molar-refractivity contribution < 1.29 is 86.5 Å². The molecule has 0 aliphatic carbocycles. The molecule has 0 radical (unpaired) electrons. The number of aryl methyl sites for hydroxylation is 1. The first-order valence-electron chi connectivity index (χ1n) is 9.24. The van der Waals surface area contributed by atoms with Gasteiger partial charge in [0.15, 0.2) is 29.1 Å². The SMILES string of the molecule is Cc1nn(-c2c(F)c(F)c(C(F)(F)F)c(F)c2F)c(O)c1C(=O)c1cc(C(F)(F)F)cc(C(F)(F)F)c1.[Zn]. The normalized spacial score (nSPS) is 12.5. The van der Waals surface area contributed by atoms with Crippen LogP contribution in [0, 0.1) is 30.2 Å². The molecule has 0 aliphatic heterocycles. The number of alkyl halides is 9. The van der Waals surface area contributed by atoms with Gasteiger partial charge in [0.25, 0.3) is 0 Å². The Balaban J connectivity index is 0.00000507. The van der Waals surface area contributed by atoms with Crippen LogP contribution in [-0.4, -0.2) is 20.7 Å². The minimum Gasteiger partial charge on any atom is -0.493 e. The molecule has 1 N–H and O–H groups in total. The summed E-state index contributed by atoms with van der Waals surface area (Å²) in [6, 6.07) is -0.426. The first kappa shape index (κ1) is 31.1. The maximum atomic E-state index is 14.3. The Bertz CT molecular complexity index is 1360. The Morgan fingerprint density at radius 2 is 1.18 bits per heavy atom. The quantitative estimate of drug-likeness (QED) is 0.153. The fourth-order valence-electron chi connectivity index (χ4n) is 3.22. The summed E-state index contributed by atoms with van der Waals surface area (Å²) in [5.41, 5.74) is -12.4. The third kappa shape index (κ3) is 5.35. The Morgan fingerprint density at radius 3 is 1.55 bits per heavy atom. The number of nitrogens with zero attached hydrogens (tertiary/aromatic N) is 2. The number of halogens is 13. The Hall–Kier alpha value is -3.17. The molecule has 38 heavy (non-hydrogen) atoms. The molecule has 0 saturated heterocycles. The van der Waals surface area contributed by atoms with E-state index in [2.05, 4.69) is 5.10 Å². The maximum Gasteiger partial charge on any atom is 0.422 e. The van der Waals surface area contributed by atoms with Gasteiger partial charge in [-0.05, 0) is 25.1 Å². The molecule has 1 heterocycles. The summed E-state index contributed by atoms with van der Waals surface area (Å²) in [4.78, 5) is 12.7. The second-order valence-corrected chi connectivity index (χ2v) is 7.30. The average Bonchev–Trinajstić information content (AvgIpc) is 3.03. The minimum atomic E-state index is -5.92. The molecule has 202 valence electrons. The van der Waals surface area contributed by atoms with Gasteiger partial charge in [-0.3, -0.25) is 4.79 Å². The first-order valence-corrected chi connectivity index (χ1v) is 9.24. The number of ketones is 1. The standard InChI is InChI=1S/C20H7F13N2O2.Zn/c1-5-9(16(36)6-2-7(18(25,26)27)4-8(3-6)19(28,29)30)17(37)35(34-5)15-13(23)11(21)10(20(31,32)33)12(22)14(15)24;/h2-4,37H,1H3;. The molecule has 0 fully saturated rings. The fourth-order valence-corrected chi connectivity index (χ4v) is 3.22. The number of carbonyl (C=O) groups excluding carboxylic acids is 1. The molecule has 2 aromatic carbocycles. The molecule has 0 unspecified atom stereocenters. The molecule has 1 aromatic heterocycles. The van der Waals surface area contributed by atoms with E-state index < -0.39 is 97.3 Å². The summed E-state index contributed by atoms with van der Waals surface area (Å²) in [6.07, 6.45) is -16.7. The van der Waals surface area contributed by atoms with Crippen LogP contribution in [0.5, 0.6) is 5.88 Å². The van der Waals surface area contributed by atoms with Gasteiger partial charge in [0.2, 0.25) is 5.88 Å². The van der Waals surface area contributed by atoms with Crippen LogP contribution in [0.15, 0.2) is 18.2 Å². The summed E-state index contributed by atoms with van der Waals surface area (Å²) in [6.45, 7) is 0.744. The van der Waals surface area contributed by atoms with E-state index in [1.165, 1.54) is 0 Å². The van der Waals surface area contributed by atoms with Crippen molar-refractivity contribution >= 4 is 5.78 Å². The molecule has 3 rings (SSSR count). The zero-order valence-electron chi connectivity index (χ0n) is 18.1. The maximum absolute atomic E-state index is 14.3. The van der Waals surface area contributed by atoms with Crippen molar-refractivity contribution in [1.29, 1.82) is 0 Å². The number of aromatic hydroxyl groups is 1. The number of carbonyl (C=O) groups is 1. The minimum absolute atomic E-state index is 0. The summed E-state index contributed by atoms with van der Waals surface area (Å²) < 4.78 is 173. The second kappa shape index (κ2) is 9.86. The van der Waals surface area contributed by atoms with Crippen molar-refractivity contribution in [2.75, 3.05) is 0 Å². The van der Waals surface area contributed by atoms with Crippen molar-refractivity contribution in [3.63, 3.8) is 0 Å². The van der Waals surface area contributed by atoms with E-state index in [4.69, 9.17) is 0 Å². The van der Waals surface area contributed by atoms with Crippen molar-refractivity contribution in [2.24, 2.45) is 0 Å². The van der Waals surface area contributed by atoms with E-state index in [0.29, 0.717) is 0 Å². The molecular weight excluding hydrogens is 613 g/mol. The van der Waals surface area contributed by atoms with Crippen LogP contribution >= 0.6 is 0 Å². The van der Waals surface area contributed by atoms with Crippen LogP contribution in [0.2, 0.25) is 0 Å². The molecule has 0 atom stereocenters. The van der Waals surface area contributed by atoms with E-state index in [0.717, 1.165) is 6.92 Å². The van der Waals surface area contributed by atoms with Crippen LogP contribution < -0.4 is 0 Å². The van der Waals surface area contributed by atoms with Crippen molar-refractivity contribution in [1.82, 2.24) is 9.78 Å². The van der Waals surface area contributed by atoms with Gasteiger partial charge in [0.05, 0.1) is 16.8 Å². The monoisotopic (exact) mass is 618 g/mol. The molecule has 0 amide bonds. The summed E-state index contributed by atoms with van der Waals surface area (Å²) in [7, 11) is 0. The molecule has 18 heteroatoms. The summed E-state index contributed by atoms with van der Waals surface area (Å²) in [5, 5.41) is 13.4. The fraction of sp³-hybridized carbons (Fsp3) is 0.200. The van der Waals surface area contributed by atoms with Gasteiger partial charge in [0.1, 0.15) is 16.8 Å². The van der Waals surface area contributed by atoms with E-state index in [1.807, 2.05) is 0 Å². The molecular formula is C20H7F13N2O2Zn. The smallest absolute Gasteiger partial charge is 0.422 e. The number of rotatable bonds is 3. The first-order chi connectivity index (χ1) is 16.7. The predicted molar refractivity (Wildman–Crippen MR) is 94.7 cm³/mol. The largest absolute Gasteiger partial charge is 0.493 e. The van der Waals surface area contributed by atoms with Gasteiger partial charge >= 0.3 is 18.5 Å². The van der Waals surface area contributed by atoms with Crippen molar-refractivity contribution in [3.05, 3.63) is 75.0 Å². The Labute approximate surface area is 214 Å². The third-order valence-corrected chi connectivity index (χ3v) is 4.85. The second-order valence-electron chi connectivity index (χ2n) is 7.30. The van der Waals surface area contributed by atoms with Crippen LogP contribution in [0.1, 0.15) is 38.3 Å². The van der Waals surface area contributed by atoms with Gasteiger partial charge in [0, 0.05) is 25.0 Å². The number of hydrogen-bond donors (Lipinski definition) is 1. The molecule has 3 aromatic rings. The Morgan fingerprint density at radius 1 is 0.763 bits per heavy atom. The van der Waals surface area contributed by atoms with Crippen LogP contribution in [0.4, 0.5) is 57.1 Å². The van der Waals surface area contributed by atoms with Gasteiger partial charge < -0.3 is 5.11 Å². The summed E-state index contributed by atoms with van der Waals surface area (Å²) >= 11 is 0. The molecule has 0 bridgehead atoms. The zero-order chi connectivity index (χ0) is 28.4. The van der Waals surface area contributed by atoms with E-state index in [9.17, 15) is 67.0 Å². The van der Waals surface area contributed by atoms with Gasteiger partial charge in [-0.25, -0.2) is 17.6 Å². The van der Waals surface area contributed by atoms with Crippen LogP contribution in [-0.2, 0) is 38.0 Å². The topological polar surface area (TPSA) is 55.1 Å². The van der Waals surface area contributed by atoms with Crippen LogP contribution in [0.25, 0.3) is 5.69 Å². The predicted octanol–water partition coefficient (Wildman–Crippen LogP) is 6.73. The van der Waals surface area contributed by atoms with Gasteiger partial charge in [-0.2, -0.15) is 49.3 Å². The van der Waals surface area contributed by atoms with E-state index in [-0.39, 0.29) is 37.7 Å². The number of benzene rings is 2. The van der Waals surface area contributed by atoms with Crippen LogP contribution in [0.3, 0.4) is 0 Å². The van der Waals surface area contributed by atoms with Crippen molar-refractivity contribution in [3.8, 4) is 11.6 Å². The average molecular weight is 620 g/mol. The molecule has 4 nitrogen and oxygen atoms in total. The third-order valence-electron chi connectivity index (χ3n) is 4.85. The molecule has 0 saturated carbocycles. The van der Waals surface area contributed by atoms with Gasteiger partial charge in [-0.1, -0.05) is 0 Å². The van der Waals surface area contributed by atoms with E-state index >= 15 is 0 Å². The Kier molecular flexibility index (Phi) is 8.05. The van der Waals surface area contributed by atoms with Gasteiger partial charge in [-0.15, -0.1) is 0 Å². The number of hydrogen-bond acceptors (Lipinski definition) is 3. The molecule has 0 aliphatic rings. The number of aromatic nitrogens is 2. The van der Waals surface area contributed by atoms with Crippen molar-refractivity contribution in [2.45, 2.75) is 25.5 Å².